The van der Waals surface area contributed by atoms with E-state index in [1.54, 1.807) is 0 Å². The van der Waals surface area contributed by atoms with Crippen LogP contribution in [0.25, 0.3) is 10.6 Å². The van der Waals surface area contributed by atoms with Crippen LogP contribution < -0.4 is 11.2 Å². The molecule has 3 rings (SSSR count). The van der Waals surface area contributed by atoms with Crippen LogP contribution in [0.5, 0.6) is 0 Å². The minimum Gasteiger partial charge on any atom is -0.344 e. The van der Waals surface area contributed by atoms with Crippen molar-refractivity contribution in [1.82, 2.24) is 15.5 Å². The number of carbonyl (C=O) groups is 1. The molecule has 0 aliphatic heterocycles. The molecule has 2 aromatic rings. The number of amides is 1. The van der Waals surface area contributed by atoms with E-state index in [1.165, 1.54) is 11.3 Å². The maximum Gasteiger partial charge on any atom is 0.273 e. The van der Waals surface area contributed by atoms with E-state index < -0.39 is 17.9 Å². The van der Waals surface area contributed by atoms with Crippen LogP contribution in [0.3, 0.4) is 0 Å². The number of alkyl halides is 2. The third kappa shape index (κ3) is 4.07. The molecule has 136 valence electrons. The Morgan fingerprint density at radius 1 is 1.35 bits per heavy atom. The molecule has 0 saturated heterocycles. The minimum absolute atomic E-state index is 0.121. The molecule has 3 N–H and O–H groups in total. The predicted molar refractivity (Wildman–Crippen MR) is 95.3 cm³/mol. The van der Waals surface area contributed by atoms with Crippen molar-refractivity contribution in [3.63, 3.8) is 0 Å². The van der Waals surface area contributed by atoms with E-state index in [0.717, 1.165) is 16.8 Å². The van der Waals surface area contributed by atoms with Gasteiger partial charge in [-0.2, -0.15) is 5.10 Å². The summed E-state index contributed by atoms with van der Waals surface area (Å²) < 4.78 is 25.7. The van der Waals surface area contributed by atoms with Crippen molar-refractivity contribution in [2.24, 2.45) is 15.9 Å². The average Bonchev–Trinajstić information content (AvgIpc) is 3.31. The van der Waals surface area contributed by atoms with Crippen LogP contribution >= 0.6 is 11.3 Å². The first-order valence-electron chi connectivity index (χ1n) is 7.81. The van der Waals surface area contributed by atoms with Crippen LogP contribution in [-0.4, -0.2) is 40.0 Å². The third-order valence-corrected chi connectivity index (χ3v) is 4.84. The molecule has 0 spiro atoms. The molecule has 1 aromatic heterocycles. The summed E-state index contributed by atoms with van der Waals surface area (Å²) in [6.45, 7) is 0.121. The van der Waals surface area contributed by atoms with Crippen molar-refractivity contribution in [3.8, 4) is 10.6 Å². The fraction of sp³-hybridized carbons (Fsp3) is 0.312. The number of hydrazone groups is 1. The number of hydrogen-bond acceptors (Lipinski definition) is 7. The highest BCUT2D eigenvalue weighted by Crippen LogP contribution is 2.44. The molecule has 1 aromatic carbocycles. The number of halogens is 2. The van der Waals surface area contributed by atoms with Gasteiger partial charge in [-0.05, 0) is 12.8 Å². The van der Waals surface area contributed by atoms with E-state index in [1.807, 2.05) is 30.3 Å². The Morgan fingerprint density at radius 2 is 2.08 bits per heavy atom. The average molecular weight is 378 g/mol. The van der Waals surface area contributed by atoms with Crippen molar-refractivity contribution >= 4 is 29.2 Å². The van der Waals surface area contributed by atoms with Crippen LogP contribution in [0.15, 0.2) is 40.4 Å². The Kier molecular flexibility index (Phi) is 5.31. The van der Waals surface area contributed by atoms with E-state index in [-0.39, 0.29) is 25.1 Å². The van der Waals surface area contributed by atoms with Crippen LogP contribution in [0.1, 0.15) is 17.8 Å². The molecular weight excluding hydrogens is 362 g/mol. The monoisotopic (exact) mass is 378 g/mol. The summed E-state index contributed by atoms with van der Waals surface area (Å²) in [5, 5.41) is 15.3. The smallest absolute Gasteiger partial charge is 0.273 e. The first kappa shape index (κ1) is 18.1. The second kappa shape index (κ2) is 7.65. The molecule has 7 nitrogen and oxygen atoms in total. The van der Waals surface area contributed by atoms with Gasteiger partial charge in [0.1, 0.15) is 15.6 Å². The molecule has 1 aliphatic rings. The van der Waals surface area contributed by atoms with Gasteiger partial charge in [-0.15, -0.1) is 10.2 Å². The molecule has 0 bridgehead atoms. The van der Waals surface area contributed by atoms with Crippen LogP contribution in [0.4, 0.5) is 8.78 Å². The fourth-order valence-corrected chi connectivity index (χ4v) is 2.93. The highest BCUT2D eigenvalue weighted by Gasteiger charge is 2.51. The Bertz CT molecular complexity index is 832. The molecule has 1 saturated carbocycles. The van der Waals surface area contributed by atoms with Crippen molar-refractivity contribution in [2.45, 2.75) is 31.4 Å². The zero-order valence-corrected chi connectivity index (χ0v) is 14.4. The first-order chi connectivity index (χ1) is 12.5. The Balaban J connectivity index is 1.58. The number of nitrogens with two attached hydrogens (primary N) is 1. The lowest BCUT2D eigenvalue weighted by Crippen LogP contribution is -2.33. The topological polar surface area (TPSA) is 106 Å². The Morgan fingerprint density at radius 3 is 2.69 bits per heavy atom. The second-order valence-electron chi connectivity index (χ2n) is 5.73. The van der Waals surface area contributed by atoms with Gasteiger partial charge in [0, 0.05) is 5.56 Å². The van der Waals surface area contributed by atoms with Gasteiger partial charge in [0.05, 0.1) is 12.8 Å². The minimum atomic E-state index is -2.57. The van der Waals surface area contributed by atoms with Gasteiger partial charge in [0.15, 0.2) is 5.71 Å². The number of carbonyl (C=O) groups excluding carboxylic acids is 1. The number of benzene rings is 1. The van der Waals surface area contributed by atoms with E-state index in [0.29, 0.717) is 5.01 Å². The number of hydrogen-bond donors (Lipinski definition) is 2. The van der Waals surface area contributed by atoms with Gasteiger partial charge in [-0.25, -0.2) is 8.78 Å². The molecular formula is C16H16F2N6OS. The number of rotatable bonds is 7. The number of nitrogens with zero attached hydrogens (tertiary/aromatic N) is 4. The van der Waals surface area contributed by atoms with Crippen molar-refractivity contribution in [1.29, 1.82) is 0 Å². The summed E-state index contributed by atoms with van der Waals surface area (Å²) in [6.07, 6.45) is -0.996. The largest absolute Gasteiger partial charge is 0.344 e. The summed E-state index contributed by atoms with van der Waals surface area (Å²) in [7, 11) is 0. The van der Waals surface area contributed by atoms with Gasteiger partial charge in [0.2, 0.25) is 0 Å². The standard InChI is InChI=1S/C16H16F2N6OS/c17-15(18)16(6-7-16)21-8-11(22-19)13(25)20-9-12-23-24-14(26-12)10-4-2-1-3-5-10/h1-5,8,15H,6-7,9,19H2,(H,20,25)/b21-8?,22-11+. The van der Waals surface area contributed by atoms with Crippen molar-refractivity contribution in [2.75, 3.05) is 0 Å². The van der Waals surface area contributed by atoms with Crippen LogP contribution in [-0.2, 0) is 11.3 Å². The maximum atomic E-state index is 12.8. The second-order valence-corrected chi connectivity index (χ2v) is 6.79. The van der Waals surface area contributed by atoms with Gasteiger partial charge in [-0.3, -0.25) is 9.79 Å². The van der Waals surface area contributed by atoms with Crippen molar-refractivity contribution < 1.29 is 13.6 Å². The van der Waals surface area contributed by atoms with E-state index in [2.05, 4.69) is 25.6 Å². The normalized spacial score (nSPS) is 16.2. The molecule has 26 heavy (non-hydrogen) atoms. The summed E-state index contributed by atoms with van der Waals surface area (Å²) in [6, 6.07) is 9.52. The highest BCUT2D eigenvalue weighted by molar-refractivity contribution is 7.14. The van der Waals surface area contributed by atoms with E-state index >= 15 is 0 Å². The summed E-state index contributed by atoms with van der Waals surface area (Å²) >= 11 is 1.34. The van der Waals surface area contributed by atoms with Gasteiger partial charge < -0.3 is 11.2 Å². The number of aromatic nitrogens is 2. The lowest BCUT2D eigenvalue weighted by Gasteiger charge is -2.07. The zero-order chi connectivity index (χ0) is 18.6. The SMILES string of the molecule is N/N=C(\C=NC1(C(F)F)CC1)C(=O)NCc1nnc(-c2ccccc2)s1. The highest BCUT2D eigenvalue weighted by atomic mass is 32.1. The number of aliphatic imine (C=N–C) groups is 1. The molecule has 0 unspecified atom stereocenters. The van der Waals surface area contributed by atoms with Gasteiger partial charge in [0.25, 0.3) is 12.3 Å². The maximum absolute atomic E-state index is 12.8. The van der Waals surface area contributed by atoms with E-state index in [4.69, 9.17) is 5.84 Å². The quantitative estimate of drug-likeness (QED) is 0.437. The van der Waals surface area contributed by atoms with E-state index in [9.17, 15) is 13.6 Å². The number of nitrogens with one attached hydrogen (secondary N) is 1. The molecule has 0 radical (unpaired) electrons. The zero-order valence-electron chi connectivity index (χ0n) is 13.6. The summed E-state index contributed by atoms with van der Waals surface area (Å²) in [4.78, 5) is 15.9. The predicted octanol–water partition coefficient (Wildman–Crippen LogP) is 2.00. The molecule has 1 amide bonds. The van der Waals surface area contributed by atoms with Crippen molar-refractivity contribution in [3.05, 3.63) is 35.3 Å². The molecule has 10 heteroatoms. The van der Waals surface area contributed by atoms with Gasteiger partial charge in [-0.1, -0.05) is 41.7 Å². The molecule has 1 heterocycles. The van der Waals surface area contributed by atoms with Crippen LogP contribution in [0.2, 0.25) is 0 Å². The lowest BCUT2D eigenvalue weighted by molar-refractivity contribution is -0.114. The Labute approximate surface area is 152 Å². The lowest BCUT2D eigenvalue weighted by atomic mass is 10.2. The summed E-state index contributed by atoms with van der Waals surface area (Å²) in [5.74, 6) is 4.56. The fourth-order valence-electron chi connectivity index (χ4n) is 2.14. The summed E-state index contributed by atoms with van der Waals surface area (Å²) in [5.41, 5.74) is -0.676. The molecule has 0 atom stereocenters. The third-order valence-electron chi connectivity index (χ3n) is 3.87. The first-order valence-corrected chi connectivity index (χ1v) is 8.63. The van der Waals surface area contributed by atoms with Crippen LogP contribution in [0, 0.1) is 0 Å². The molecule has 1 aliphatic carbocycles. The Hall–Kier alpha value is -2.75. The molecule has 1 fully saturated rings. The van der Waals surface area contributed by atoms with Gasteiger partial charge >= 0.3 is 0 Å².